The van der Waals surface area contributed by atoms with Gasteiger partial charge in [0.1, 0.15) is 17.3 Å². The molecule has 17 heavy (non-hydrogen) atoms. The molecule has 2 heterocycles. The molecule has 1 aromatic heterocycles. The third-order valence-electron chi connectivity index (χ3n) is 3.08. The van der Waals surface area contributed by atoms with E-state index in [0.717, 1.165) is 37.4 Å². The normalized spacial score (nSPS) is 17.1. The van der Waals surface area contributed by atoms with Crippen molar-refractivity contribution in [1.29, 1.82) is 0 Å². The minimum atomic E-state index is 0.322. The van der Waals surface area contributed by atoms with Gasteiger partial charge in [0.25, 0.3) is 0 Å². The monoisotopic (exact) mass is 275 g/mol. The first-order chi connectivity index (χ1) is 8.24. The van der Waals surface area contributed by atoms with Gasteiger partial charge in [0.15, 0.2) is 0 Å². The zero-order valence-electron chi connectivity index (χ0n) is 9.70. The summed E-state index contributed by atoms with van der Waals surface area (Å²) < 4.78 is 5.35. The number of aromatic nitrogens is 2. The minimum Gasteiger partial charge on any atom is -0.381 e. The summed E-state index contributed by atoms with van der Waals surface area (Å²) in [6, 6.07) is 0.427. The van der Waals surface area contributed by atoms with Crippen molar-refractivity contribution in [2.45, 2.75) is 24.8 Å². The largest absolute Gasteiger partial charge is 0.381 e. The lowest BCUT2D eigenvalue weighted by molar-refractivity contribution is 0.0853. The molecule has 1 fully saturated rings. The molecule has 1 aliphatic heterocycles. The van der Waals surface area contributed by atoms with Crippen molar-refractivity contribution in [1.82, 2.24) is 9.97 Å². The third kappa shape index (κ3) is 2.81. The quantitative estimate of drug-likeness (QED) is 0.628. The molecule has 2 rings (SSSR count). The molecular weight excluding hydrogens is 261 g/mol. The molecule has 0 atom stereocenters. The number of halogens is 2. The van der Waals surface area contributed by atoms with Crippen molar-refractivity contribution < 1.29 is 4.74 Å². The zero-order chi connectivity index (χ0) is 12.3. The van der Waals surface area contributed by atoms with E-state index < -0.39 is 0 Å². The SMILES string of the molecule is CN(c1ncnc(Cl)c1CCl)C1CCOCC1. The minimum absolute atomic E-state index is 0.322. The third-order valence-corrected chi connectivity index (χ3v) is 3.67. The van der Waals surface area contributed by atoms with Gasteiger partial charge in [-0.05, 0) is 12.8 Å². The summed E-state index contributed by atoms with van der Waals surface area (Å²) in [7, 11) is 2.02. The lowest BCUT2D eigenvalue weighted by Gasteiger charge is -2.33. The van der Waals surface area contributed by atoms with Gasteiger partial charge in [0.2, 0.25) is 0 Å². The van der Waals surface area contributed by atoms with Crippen LogP contribution in [0.2, 0.25) is 5.15 Å². The Morgan fingerprint density at radius 1 is 1.41 bits per heavy atom. The maximum absolute atomic E-state index is 6.03. The average Bonchev–Trinajstić information content (AvgIpc) is 2.38. The van der Waals surface area contributed by atoms with Crippen LogP contribution in [-0.4, -0.2) is 36.3 Å². The molecule has 0 radical (unpaired) electrons. The van der Waals surface area contributed by atoms with Crippen LogP contribution in [0.3, 0.4) is 0 Å². The Labute approximate surface area is 111 Å². The van der Waals surface area contributed by atoms with E-state index in [1.807, 2.05) is 7.05 Å². The lowest BCUT2D eigenvalue weighted by Crippen LogP contribution is -2.37. The molecule has 1 aromatic rings. The molecule has 0 unspecified atom stereocenters. The predicted molar refractivity (Wildman–Crippen MR) is 68.8 cm³/mol. The molecule has 0 spiro atoms. The maximum Gasteiger partial charge on any atom is 0.138 e. The molecule has 0 saturated carbocycles. The van der Waals surface area contributed by atoms with Gasteiger partial charge in [0, 0.05) is 31.9 Å². The number of hydrogen-bond acceptors (Lipinski definition) is 4. The first-order valence-electron chi connectivity index (χ1n) is 5.60. The zero-order valence-corrected chi connectivity index (χ0v) is 11.2. The summed E-state index contributed by atoms with van der Waals surface area (Å²) in [4.78, 5) is 10.4. The van der Waals surface area contributed by atoms with Gasteiger partial charge in [0.05, 0.1) is 5.88 Å². The van der Waals surface area contributed by atoms with Crippen LogP contribution >= 0.6 is 23.2 Å². The van der Waals surface area contributed by atoms with E-state index in [9.17, 15) is 0 Å². The highest BCUT2D eigenvalue weighted by Gasteiger charge is 2.22. The van der Waals surface area contributed by atoms with Gasteiger partial charge in [-0.15, -0.1) is 11.6 Å². The van der Waals surface area contributed by atoms with Crippen LogP contribution in [0.5, 0.6) is 0 Å². The first kappa shape index (κ1) is 12.9. The Morgan fingerprint density at radius 3 is 2.76 bits per heavy atom. The molecular formula is C11H15Cl2N3O. The van der Waals surface area contributed by atoms with Crippen molar-refractivity contribution in [3.05, 3.63) is 17.0 Å². The predicted octanol–water partition coefficient (Wildman–Crippen LogP) is 2.48. The van der Waals surface area contributed by atoms with Gasteiger partial charge in [-0.25, -0.2) is 9.97 Å². The highest BCUT2D eigenvalue weighted by molar-refractivity contribution is 6.31. The summed E-state index contributed by atoms with van der Waals surface area (Å²) in [6.45, 7) is 1.59. The smallest absolute Gasteiger partial charge is 0.138 e. The van der Waals surface area contributed by atoms with Gasteiger partial charge in [-0.2, -0.15) is 0 Å². The molecule has 4 nitrogen and oxygen atoms in total. The van der Waals surface area contributed by atoms with Crippen molar-refractivity contribution in [2.75, 3.05) is 25.2 Å². The van der Waals surface area contributed by atoms with E-state index in [1.165, 1.54) is 6.33 Å². The van der Waals surface area contributed by atoms with Crippen molar-refractivity contribution in [3.63, 3.8) is 0 Å². The molecule has 0 aromatic carbocycles. The molecule has 6 heteroatoms. The summed E-state index contributed by atoms with van der Waals surface area (Å²) >= 11 is 11.9. The van der Waals surface area contributed by atoms with Crippen LogP contribution < -0.4 is 4.90 Å². The Balaban J connectivity index is 2.23. The fourth-order valence-corrected chi connectivity index (χ4v) is 2.56. The molecule has 1 saturated heterocycles. The topological polar surface area (TPSA) is 38.2 Å². The van der Waals surface area contributed by atoms with Gasteiger partial charge >= 0.3 is 0 Å². The summed E-state index contributed by atoms with van der Waals surface area (Å²) in [6.07, 6.45) is 3.48. The second kappa shape index (κ2) is 5.85. The number of anilines is 1. The van der Waals surface area contributed by atoms with E-state index in [2.05, 4.69) is 14.9 Å². The molecule has 0 bridgehead atoms. The number of nitrogens with zero attached hydrogens (tertiary/aromatic N) is 3. The summed E-state index contributed by atoms with van der Waals surface area (Å²) in [5.41, 5.74) is 0.796. The number of ether oxygens (including phenoxy) is 1. The highest BCUT2D eigenvalue weighted by atomic mass is 35.5. The summed E-state index contributed by atoms with van der Waals surface area (Å²) in [5, 5.41) is 0.434. The molecule has 0 amide bonds. The second-order valence-corrected chi connectivity index (χ2v) is 4.68. The maximum atomic E-state index is 6.03. The van der Waals surface area contributed by atoms with E-state index in [0.29, 0.717) is 17.1 Å². The van der Waals surface area contributed by atoms with Crippen LogP contribution in [0.4, 0.5) is 5.82 Å². The van der Waals surface area contributed by atoms with Crippen LogP contribution in [0.15, 0.2) is 6.33 Å². The van der Waals surface area contributed by atoms with Crippen LogP contribution in [0.25, 0.3) is 0 Å². The number of rotatable bonds is 3. The lowest BCUT2D eigenvalue weighted by atomic mass is 10.1. The Hall–Kier alpha value is -0.580. The first-order valence-corrected chi connectivity index (χ1v) is 6.51. The summed E-state index contributed by atoms with van der Waals surface area (Å²) in [5.74, 6) is 1.15. The fourth-order valence-electron chi connectivity index (χ4n) is 2.05. The Kier molecular flexibility index (Phi) is 4.42. The molecule has 1 aliphatic rings. The van der Waals surface area contributed by atoms with E-state index in [-0.39, 0.29) is 0 Å². The van der Waals surface area contributed by atoms with Crippen LogP contribution in [0.1, 0.15) is 18.4 Å². The number of hydrogen-bond donors (Lipinski definition) is 0. The van der Waals surface area contributed by atoms with Crippen molar-refractivity contribution in [2.24, 2.45) is 0 Å². The van der Waals surface area contributed by atoms with Gasteiger partial charge in [-0.3, -0.25) is 0 Å². The molecule has 94 valence electrons. The Bertz CT molecular complexity index is 383. The number of alkyl halides is 1. The van der Waals surface area contributed by atoms with Crippen LogP contribution in [0, 0.1) is 0 Å². The highest BCUT2D eigenvalue weighted by Crippen LogP contribution is 2.27. The van der Waals surface area contributed by atoms with Crippen LogP contribution in [-0.2, 0) is 10.6 Å². The molecule has 0 N–H and O–H groups in total. The molecule has 0 aliphatic carbocycles. The van der Waals surface area contributed by atoms with Gasteiger partial charge < -0.3 is 9.64 Å². The fraction of sp³-hybridized carbons (Fsp3) is 0.636. The van der Waals surface area contributed by atoms with E-state index in [1.54, 1.807) is 0 Å². The Morgan fingerprint density at radius 2 is 2.12 bits per heavy atom. The van der Waals surface area contributed by atoms with Crippen molar-refractivity contribution >= 4 is 29.0 Å². The standard InChI is InChI=1S/C11H15Cl2N3O/c1-16(8-2-4-17-5-3-8)11-9(6-12)10(13)14-7-15-11/h7-8H,2-6H2,1H3. The average molecular weight is 276 g/mol. The second-order valence-electron chi connectivity index (χ2n) is 4.05. The van der Waals surface area contributed by atoms with E-state index in [4.69, 9.17) is 27.9 Å². The van der Waals surface area contributed by atoms with Gasteiger partial charge in [-0.1, -0.05) is 11.6 Å². The van der Waals surface area contributed by atoms with E-state index >= 15 is 0 Å². The van der Waals surface area contributed by atoms with Crippen molar-refractivity contribution in [3.8, 4) is 0 Å².